The minimum atomic E-state index is 0.713. The van der Waals surface area contributed by atoms with Crippen LogP contribution in [0.2, 0.25) is 0 Å². The Bertz CT molecular complexity index is 72.9. The van der Waals surface area contributed by atoms with Crippen molar-refractivity contribution in [2.24, 2.45) is 0 Å². The molecule has 0 aromatic carbocycles. The molecule has 0 aliphatic carbocycles. The van der Waals surface area contributed by atoms with E-state index in [0.29, 0.717) is 12.1 Å². The lowest BCUT2D eigenvalue weighted by atomic mass is 10.2. The molecule has 0 aromatic heterocycles. The van der Waals surface area contributed by atoms with E-state index in [2.05, 4.69) is 17.6 Å². The van der Waals surface area contributed by atoms with Crippen molar-refractivity contribution < 1.29 is 0 Å². The van der Waals surface area contributed by atoms with Crippen LogP contribution in [0, 0.1) is 0 Å². The summed E-state index contributed by atoms with van der Waals surface area (Å²) in [6.07, 6.45) is 1.27. The van der Waals surface area contributed by atoms with Gasteiger partial charge in [-0.1, -0.05) is 0 Å². The monoisotopic (exact) mass is 114 g/mol. The molecule has 0 aromatic rings. The summed E-state index contributed by atoms with van der Waals surface area (Å²) in [5, 5.41) is 6.59. The first-order chi connectivity index (χ1) is 3.83. The van der Waals surface area contributed by atoms with Gasteiger partial charge in [-0.25, -0.2) is 0 Å². The van der Waals surface area contributed by atoms with Gasteiger partial charge < -0.3 is 10.6 Å². The predicted octanol–water partition coefficient (Wildman–Crippen LogP) is -0.0438. The van der Waals surface area contributed by atoms with Crippen LogP contribution in [-0.4, -0.2) is 25.7 Å². The fraction of sp³-hybridized carbons (Fsp3) is 1.00. The minimum absolute atomic E-state index is 0.713. The van der Waals surface area contributed by atoms with E-state index in [1.165, 1.54) is 6.42 Å². The summed E-state index contributed by atoms with van der Waals surface area (Å²) in [5.41, 5.74) is 0. The summed E-state index contributed by atoms with van der Waals surface area (Å²) >= 11 is 0. The SMILES string of the molecule is CN[C@@H]1CN[C@@H](C)C1. The van der Waals surface area contributed by atoms with Crippen LogP contribution in [-0.2, 0) is 0 Å². The molecule has 2 atom stereocenters. The van der Waals surface area contributed by atoms with Crippen molar-refractivity contribution in [3.8, 4) is 0 Å². The van der Waals surface area contributed by atoms with E-state index < -0.39 is 0 Å². The van der Waals surface area contributed by atoms with Crippen molar-refractivity contribution in [1.29, 1.82) is 0 Å². The molecule has 0 bridgehead atoms. The average Bonchev–Trinajstić information content (AvgIpc) is 2.14. The van der Waals surface area contributed by atoms with Gasteiger partial charge in [0.2, 0.25) is 0 Å². The van der Waals surface area contributed by atoms with Crippen molar-refractivity contribution in [3.63, 3.8) is 0 Å². The average molecular weight is 114 g/mol. The maximum absolute atomic E-state index is 3.36. The van der Waals surface area contributed by atoms with E-state index >= 15 is 0 Å². The van der Waals surface area contributed by atoms with Gasteiger partial charge in [-0.05, 0) is 20.4 Å². The molecule has 0 spiro atoms. The first-order valence-corrected chi connectivity index (χ1v) is 3.23. The third kappa shape index (κ3) is 1.20. The molecular formula is C6H14N2. The summed E-state index contributed by atoms with van der Waals surface area (Å²) in [6.45, 7) is 3.36. The van der Waals surface area contributed by atoms with Crippen molar-refractivity contribution in [3.05, 3.63) is 0 Å². The molecule has 0 unspecified atom stereocenters. The Morgan fingerprint density at radius 3 is 2.62 bits per heavy atom. The number of rotatable bonds is 1. The zero-order chi connectivity index (χ0) is 5.98. The van der Waals surface area contributed by atoms with Crippen molar-refractivity contribution >= 4 is 0 Å². The van der Waals surface area contributed by atoms with Crippen LogP contribution in [0.1, 0.15) is 13.3 Å². The maximum Gasteiger partial charge on any atom is 0.0204 e. The second kappa shape index (κ2) is 2.46. The normalized spacial score (nSPS) is 38.2. The topological polar surface area (TPSA) is 24.1 Å². The first kappa shape index (κ1) is 6.05. The summed E-state index contributed by atoms with van der Waals surface area (Å²) < 4.78 is 0. The zero-order valence-corrected chi connectivity index (χ0v) is 5.57. The van der Waals surface area contributed by atoms with Crippen LogP contribution in [0.3, 0.4) is 0 Å². The van der Waals surface area contributed by atoms with Crippen molar-refractivity contribution in [2.45, 2.75) is 25.4 Å². The van der Waals surface area contributed by atoms with E-state index in [0.717, 1.165) is 6.54 Å². The molecule has 1 aliphatic rings. The predicted molar refractivity (Wildman–Crippen MR) is 34.9 cm³/mol. The Morgan fingerprint density at radius 2 is 2.38 bits per heavy atom. The smallest absolute Gasteiger partial charge is 0.0204 e. The molecule has 1 aliphatic heterocycles. The van der Waals surface area contributed by atoms with Crippen LogP contribution in [0.5, 0.6) is 0 Å². The highest BCUT2D eigenvalue weighted by Crippen LogP contribution is 2.03. The third-order valence-electron chi connectivity index (χ3n) is 1.76. The van der Waals surface area contributed by atoms with Gasteiger partial charge in [0.25, 0.3) is 0 Å². The van der Waals surface area contributed by atoms with Crippen LogP contribution >= 0.6 is 0 Å². The van der Waals surface area contributed by atoms with Gasteiger partial charge in [-0.3, -0.25) is 0 Å². The van der Waals surface area contributed by atoms with Gasteiger partial charge in [-0.2, -0.15) is 0 Å². The molecule has 2 nitrogen and oxygen atoms in total. The molecule has 2 N–H and O–H groups in total. The van der Waals surface area contributed by atoms with Crippen molar-refractivity contribution in [2.75, 3.05) is 13.6 Å². The molecule has 1 heterocycles. The van der Waals surface area contributed by atoms with Gasteiger partial charge in [0.05, 0.1) is 0 Å². The third-order valence-corrected chi connectivity index (χ3v) is 1.76. The summed E-state index contributed by atoms with van der Waals surface area (Å²) in [6, 6.07) is 1.43. The molecule has 0 saturated carbocycles. The lowest BCUT2D eigenvalue weighted by Crippen LogP contribution is -2.26. The molecule has 48 valence electrons. The molecule has 2 heteroatoms. The molecule has 0 radical (unpaired) electrons. The molecule has 0 amide bonds. The number of nitrogens with one attached hydrogen (secondary N) is 2. The van der Waals surface area contributed by atoms with E-state index in [1.54, 1.807) is 0 Å². The Hall–Kier alpha value is -0.0800. The zero-order valence-electron chi connectivity index (χ0n) is 5.57. The van der Waals surface area contributed by atoms with Gasteiger partial charge in [0.15, 0.2) is 0 Å². The fourth-order valence-electron chi connectivity index (χ4n) is 1.16. The van der Waals surface area contributed by atoms with Crippen LogP contribution in [0.4, 0.5) is 0 Å². The van der Waals surface area contributed by atoms with E-state index in [9.17, 15) is 0 Å². The highest BCUT2D eigenvalue weighted by molar-refractivity contribution is 4.81. The highest BCUT2D eigenvalue weighted by Gasteiger charge is 2.17. The standard InChI is InChI=1S/C6H14N2/c1-5-3-6(7-2)4-8-5/h5-8H,3-4H2,1-2H3/t5-,6-/m0/s1. The number of hydrogen-bond donors (Lipinski definition) is 2. The fourth-order valence-corrected chi connectivity index (χ4v) is 1.16. The van der Waals surface area contributed by atoms with Crippen LogP contribution in [0.15, 0.2) is 0 Å². The summed E-state index contributed by atoms with van der Waals surface area (Å²) in [4.78, 5) is 0. The Labute approximate surface area is 50.7 Å². The quantitative estimate of drug-likeness (QED) is 0.499. The lowest BCUT2D eigenvalue weighted by molar-refractivity contribution is 0.595. The molecule has 1 rings (SSSR count). The van der Waals surface area contributed by atoms with Crippen LogP contribution < -0.4 is 10.6 Å². The lowest BCUT2D eigenvalue weighted by Gasteiger charge is -2.03. The summed E-state index contributed by atoms with van der Waals surface area (Å²) in [5.74, 6) is 0. The van der Waals surface area contributed by atoms with E-state index in [4.69, 9.17) is 0 Å². The van der Waals surface area contributed by atoms with Gasteiger partial charge >= 0.3 is 0 Å². The molecule has 1 fully saturated rings. The Kier molecular flexibility index (Phi) is 1.86. The van der Waals surface area contributed by atoms with Crippen molar-refractivity contribution in [1.82, 2.24) is 10.6 Å². The first-order valence-electron chi connectivity index (χ1n) is 3.23. The van der Waals surface area contributed by atoms with Crippen LogP contribution in [0.25, 0.3) is 0 Å². The van der Waals surface area contributed by atoms with Gasteiger partial charge in [-0.15, -0.1) is 0 Å². The molecule has 8 heavy (non-hydrogen) atoms. The second-order valence-electron chi connectivity index (χ2n) is 2.53. The minimum Gasteiger partial charge on any atom is -0.316 e. The van der Waals surface area contributed by atoms with E-state index in [1.807, 2.05) is 7.05 Å². The van der Waals surface area contributed by atoms with Gasteiger partial charge in [0, 0.05) is 18.6 Å². The van der Waals surface area contributed by atoms with Gasteiger partial charge in [0.1, 0.15) is 0 Å². The second-order valence-corrected chi connectivity index (χ2v) is 2.53. The number of hydrogen-bond acceptors (Lipinski definition) is 2. The number of likely N-dealkylation sites (N-methyl/N-ethyl adjacent to an activating group) is 1. The highest BCUT2D eigenvalue weighted by atomic mass is 15.0. The Morgan fingerprint density at radius 1 is 1.62 bits per heavy atom. The maximum atomic E-state index is 3.36. The summed E-state index contributed by atoms with van der Waals surface area (Å²) in [7, 11) is 2.02. The molecule has 1 saturated heterocycles. The molecular weight excluding hydrogens is 100 g/mol. The largest absolute Gasteiger partial charge is 0.316 e. The Balaban J connectivity index is 2.22. The van der Waals surface area contributed by atoms with E-state index in [-0.39, 0.29) is 0 Å².